The van der Waals surface area contributed by atoms with Gasteiger partial charge in [-0.1, -0.05) is 35.9 Å². The van der Waals surface area contributed by atoms with Crippen LogP contribution in [0.3, 0.4) is 0 Å². The Bertz CT molecular complexity index is 1100. The summed E-state index contributed by atoms with van der Waals surface area (Å²) in [5, 5.41) is 10.4. The number of halogens is 1. The minimum absolute atomic E-state index is 0.140. The minimum Gasteiger partial charge on any atom is -0.472 e. The molecule has 35 heavy (non-hydrogen) atoms. The van der Waals surface area contributed by atoms with Crippen LogP contribution in [0.25, 0.3) is 0 Å². The molecular weight excluding hydrogens is 462 g/mol. The summed E-state index contributed by atoms with van der Waals surface area (Å²) in [5.74, 6) is 1.37. The van der Waals surface area contributed by atoms with Gasteiger partial charge in [0.15, 0.2) is 5.82 Å². The lowest BCUT2D eigenvalue weighted by Crippen LogP contribution is -2.46. The molecule has 0 bridgehead atoms. The van der Waals surface area contributed by atoms with Gasteiger partial charge in [0.05, 0.1) is 18.5 Å². The summed E-state index contributed by atoms with van der Waals surface area (Å²) >= 11 is 6.06. The molecule has 184 valence electrons. The summed E-state index contributed by atoms with van der Waals surface area (Å²) in [6, 6.07) is 16.5. The fourth-order valence-electron chi connectivity index (χ4n) is 4.67. The molecular formula is C27H32ClN5O2. The van der Waals surface area contributed by atoms with Crippen LogP contribution in [0.1, 0.15) is 24.0 Å². The molecule has 7 nitrogen and oxygen atoms in total. The molecule has 0 amide bonds. The van der Waals surface area contributed by atoms with Crippen LogP contribution in [0.4, 0.5) is 11.5 Å². The normalized spacial score (nSPS) is 17.5. The monoisotopic (exact) mass is 493 g/mol. The van der Waals surface area contributed by atoms with E-state index < -0.39 is 0 Å². The van der Waals surface area contributed by atoms with Crippen molar-refractivity contribution in [1.29, 1.82) is 0 Å². The lowest BCUT2D eigenvalue weighted by molar-refractivity contribution is 0.145. The highest BCUT2D eigenvalue weighted by Crippen LogP contribution is 2.22. The molecule has 0 unspecified atom stereocenters. The average molecular weight is 494 g/mol. The Hall–Kier alpha value is -2.87. The van der Waals surface area contributed by atoms with Crippen LogP contribution in [0.15, 0.2) is 60.9 Å². The molecule has 2 aliphatic rings. The number of aliphatic hydroxyl groups excluding tert-OH is 1. The molecule has 0 aliphatic carbocycles. The van der Waals surface area contributed by atoms with E-state index in [-0.39, 0.29) is 6.10 Å². The summed E-state index contributed by atoms with van der Waals surface area (Å²) < 4.78 is 5.85. The Labute approximate surface area is 211 Å². The fraction of sp³-hybridized carbons (Fsp3) is 0.407. The van der Waals surface area contributed by atoms with Gasteiger partial charge in [0.25, 0.3) is 0 Å². The van der Waals surface area contributed by atoms with E-state index in [1.165, 1.54) is 11.3 Å². The molecule has 0 radical (unpaired) electrons. The number of aromatic nitrogens is 2. The van der Waals surface area contributed by atoms with E-state index in [4.69, 9.17) is 16.3 Å². The van der Waals surface area contributed by atoms with E-state index in [2.05, 4.69) is 48.9 Å². The van der Waals surface area contributed by atoms with Gasteiger partial charge >= 0.3 is 0 Å². The van der Waals surface area contributed by atoms with Crippen molar-refractivity contribution in [2.75, 3.05) is 49.1 Å². The van der Waals surface area contributed by atoms with E-state index in [0.29, 0.717) is 17.5 Å². The molecule has 0 saturated carbocycles. The molecule has 2 aromatic carbocycles. The number of hydrogen-bond donors (Lipinski definition) is 1. The zero-order valence-electron chi connectivity index (χ0n) is 19.9. The molecule has 5 rings (SSSR count). The van der Waals surface area contributed by atoms with Gasteiger partial charge < -0.3 is 19.6 Å². The molecule has 2 fully saturated rings. The van der Waals surface area contributed by atoms with Gasteiger partial charge in [0.1, 0.15) is 6.61 Å². The number of aliphatic hydroxyl groups is 1. The van der Waals surface area contributed by atoms with Crippen molar-refractivity contribution in [2.24, 2.45) is 0 Å². The Balaban J connectivity index is 1.10. The zero-order valence-corrected chi connectivity index (χ0v) is 20.6. The Kier molecular flexibility index (Phi) is 7.66. The lowest BCUT2D eigenvalue weighted by Gasteiger charge is -2.35. The van der Waals surface area contributed by atoms with E-state index in [1.54, 1.807) is 12.4 Å². The number of benzene rings is 2. The van der Waals surface area contributed by atoms with Crippen LogP contribution in [0.2, 0.25) is 5.02 Å². The molecule has 0 atom stereocenters. The highest BCUT2D eigenvalue weighted by Gasteiger charge is 2.20. The predicted molar refractivity (Wildman–Crippen MR) is 139 cm³/mol. The Morgan fingerprint density at radius 2 is 1.66 bits per heavy atom. The van der Waals surface area contributed by atoms with E-state index >= 15 is 0 Å². The van der Waals surface area contributed by atoms with Gasteiger partial charge in [-0.2, -0.15) is 4.98 Å². The van der Waals surface area contributed by atoms with Crippen LogP contribution in [-0.4, -0.2) is 65.3 Å². The Morgan fingerprint density at radius 3 is 2.40 bits per heavy atom. The Morgan fingerprint density at radius 1 is 0.886 bits per heavy atom. The van der Waals surface area contributed by atoms with Crippen LogP contribution >= 0.6 is 11.6 Å². The maximum Gasteiger partial charge on any atom is 0.234 e. The number of ether oxygens (including phenoxy) is 1. The second kappa shape index (κ2) is 11.2. The third-order valence-electron chi connectivity index (χ3n) is 6.74. The third-order valence-corrected chi connectivity index (χ3v) is 6.98. The average Bonchev–Trinajstić information content (AvgIpc) is 2.89. The molecule has 1 N–H and O–H groups in total. The number of nitrogens with zero attached hydrogens (tertiary/aromatic N) is 5. The molecule has 2 aliphatic heterocycles. The second-order valence-electron chi connectivity index (χ2n) is 9.28. The van der Waals surface area contributed by atoms with Crippen LogP contribution in [0, 0.1) is 0 Å². The van der Waals surface area contributed by atoms with Gasteiger partial charge in [0.2, 0.25) is 5.88 Å². The maximum atomic E-state index is 9.73. The van der Waals surface area contributed by atoms with E-state index in [0.717, 1.165) is 70.0 Å². The third kappa shape index (κ3) is 6.42. The largest absolute Gasteiger partial charge is 0.472 e. The number of piperidine rings is 1. The van der Waals surface area contributed by atoms with Gasteiger partial charge in [-0.25, -0.2) is 0 Å². The maximum absolute atomic E-state index is 9.73. The first-order chi connectivity index (χ1) is 17.1. The van der Waals surface area contributed by atoms with E-state index in [1.807, 2.05) is 24.3 Å². The number of anilines is 2. The van der Waals surface area contributed by atoms with Crippen molar-refractivity contribution in [3.05, 3.63) is 77.1 Å². The van der Waals surface area contributed by atoms with Crippen LogP contribution < -0.4 is 14.5 Å². The van der Waals surface area contributed by atoms with Crippen LogP contribution in [-0.2, 0) is 13.2 Å². The van der Waals surface area contributed by atoms with Gasteiger partial charge in [-0.15, -0.1) is 0 Å². The molecule has 0 spiro atoms. The van der Waals surface area contributed by atoms with Crippen molar-refractivity contribution in [3.63, 3.8) is 0 Å². The SMILES string of the molecule is OC1CCN(c2ccc(CN3CCN(c4cncc(OCc5cccc(Cl)c5)n4)CC3)cc2)CC1. The van der Waals surface area contributed by atoms with Gasteiger partial charge in [0, 0.05) is 56.5 Å². The topological polar surface area (TPSA) is 65.0 Å². The first-order valence-corrected chi connectivity index (χ1v) is 12.7. The van der Waals surface area contributed by atoms with E-state index in [9.17, 15) is 5.11 Å². The first kappa shape index (κ1) is 23.9. The summed E-state index contributed by atoms with van der Waals surface area (Å²) in [4.78, 5) is 16.1. The molecule has 2 saturated heterocycles. The highest BCUT2D eigenvalue weighted by atomic mass is 35.5. The molecule has 3 heterocycles. The van der Waals surface area contributed by atoms with Gasteiger partial charge in [-0.3, -0.25) is 9.88 Å². The number of piperazine rings is 1. The van der Waals surface area contributed by atoms with Crippen molar-refractivity contribution >= 4 is 23.1 Å². The standard InChI is InChI=1S/C27H32ClN5O2/c28-23-3-1-2-22(16-23)20-35-27-18-29-17-26(30-27)33-14-12-31(13-15-33)19-21-4-6-24(7-5-21)32-10-8-25(34)9-11-32/h1-7,16-18,25,34H,8-15,19-20H2. The van der Waals surface area contributed by atoms with Crippen molar-refractivity contribution in [3.8, 4) is 5.88 Å². The lowest BCUT2D eigenvalue weighted by atomic mass is 10.1. The number of hydrogen-bond acceptors (Lipinski definition) is 7. The van der Waals surface area contributed by atoms with Crippen LogP contribution in [0.5, 0.6) is 5.88 Å². The predicted octanol–water partition coefficient (Wildman–Crippen LogP) is 3.99. The fourth-order valence-corrected chi connectivity index (χ4v) is 4.89. The van der Waals surface area contributed by atoms with Crippen molar-refractivity contribution in [2.45, 2.75) is 32.1 Å². The minimum atomic E-state index is -0.140. The summed E-state index contributed by atoms with van der Waals surface area (Å²) in [7, 11) is 0. The number of rotatable bonds is 7. The molecule has 1 aromatic heterocycles. The summed E-state index contributed by atoms with van der Waals surface area (Å²) in [6.07, 6.45) is 5.03. The second-order valence-corrected chi connectivity index (χ2v) is 9.72. The summed E-state index contributed by atoms with van der Waals surface area (Å²) in [6.45, 7) is 6.96. The quantitative estimate of drug-likeness (QED) is 0.533. The summed E-state index contributed by atoms with van der Waals surface area (Å²) in [5.41, 5.74) is 3.58. The molecule has 3 aromatic rings. The van der Waals surface area contributed by atoms with Crippen molar-refractivity contribution in [1.82, 2.24) is 14.9 Å². The van der Waals surface area contributed by atoms with Crippen molar-refractivity contribution < 1.29 is 9.84 Å². The zero-order chi connectivity index (χ0) is 24.0. The first-order valence-electron chi connectivity index (χ1n) is 12.3. The smallest absolute Gasteiger partial charge is 0.234 e. The molecule has 8 heteroatoms. The van der Waals surface area contributed by atoms with Gasteiger partial charge in [-0.05, 0) is 48.2 Å². The highest BCUT2D eigenvalue weighted by molar-refractivity contribution is 6.30.